The fourth-order valence-electron chi connectivity index (χ4n) is 4.11. The molecule has 1 aromatic heterocycles. The summed E-state index contributed by atoms with van der Waals surface area (Å²) >= 11 is 0. The molecule has 284 valence electrons. The fourth-order valence-corrected chi connectivity index (χ4v) is 4.65. The van der Waals surface area contributed by atoms with Crippen LogP contribution in [0.2, 0.25) is 0 Å². The van der Waals surface area contributed by atoms with Gasteiger partial charge in [-0.25, -0.2) is 13.6 Å². The lowest BCUT2D eigenvalue weighted by Crippen LogP contribution is -2.11. The number of anilines is 4. The fraction of sp³-hybridized carbons (Fsp3) is 0.229. The highest BCUT2D eigenvalue weighted by Gasteiger charge is 2.13. The van der Waals surface area contributed by atoms with Gasteiger partial charge in [-0.2, -0.15) is 35.4 Å². The minimum Gasteiger partial charge on any atom is -0.506 e. The van der Waals surface area contributed by atoms with Gasteiger partial charge >= 0.3 is 0 Å². The van der Waals surface area contributed by atoms with Gasteiger partial charge < -0.3 is 31.3 Å². The molecule has 4 aromatic carbocycles. The van der Waals surface area contributed by atoms with Crippen molar-refractivity contribution in [3.8, 4) is 17.2 Å². The second kappa shape index (κ2) is 20.4. The monoisotopic (exact) mass is 757 g/mol. The Balaban J connectivity index is 0.00000190. The van der Waals surface area contributed by atoms with Crippen LogP contribution in [0, 0.1) is 0 Å². The molecule has 19 heteroatoms. The molecule has 0 bridgehead atoms. The van der Waals surface area contributed by atoms with Gasteiger partial charge in [0.2, 0.25) is 27.9 Å². The quantitative estimate of drug-likeness (QED) is 0.0555. The van der Waals surface area contributed by atoms with E-state index in [1.807, 2.05) is 53.7 Å². The number of hydrogen-bond donors (Lipinski definition) is 7. The smallest absolute Gasteiger partial charge is 0.238 e. The highest BCUT2D eigenvalue weighted by atomic mass is 32.2. The Morgan fingerprint density at radius 2 is 1.11 bits per heavy atom. The van der Waals surface area contributed by atoms with Crippen LogP contribution in [0.25, 0.3) is 0 Å². The van der Waals surface area contributed by atoms with E-state index in [0.29, 0.717) is 53.7 Å². The molecule has 0 radical (unpaired) electrons. The maximum Gasteiger partial charge on any atom is 0.238 e. The van der Waals surface area contributed by atoms with Gasteiger partial charge in [-0.15, -0.1) is 10.2 Å². The average molecular weight is 758 g/mol. The number of phenolic OH excluding ortho intramolecular Hbond substituents is 3. The summed E-state index contributed by atoms with van der Waals surface area (Å²) in [6.07, 6.45) is 0. The Hall–Kier alpha value is -6.60. The summed E-state index contributed by atoms with van der Waals surface area (Å²) in [6, 6.07) is 19.5. The zero-order chi connectivity index (χ0) is 39.7. The number of primary sulfonamides is 1. The Labute approximate surface area is 313 Å². The van der Waals surface area contributed by atoms with E-state index in [-0.39, 0.29) is 22.0 Å². The van der Waals surface area contributed by atoms with Crippen LogP contribution in [0.4, 0.5) is 57.7 Å². The van der Waals surface area contributed by atoms with Crippen LogP contribution in [-0.2, 0) is 10.0 Å². The van der Waals surface area contributed by atoms with E-state index in [0.717, 1.165) is 18.2 Å². The van der Waals surface area contributed by atoms with Crippen LogP contribution in [-0.4, -0.2) is 51.8 Å². The van der Waals surface area contributed by atoms with Crippen molar-refractivity contribution in [2.24, 2.45) is 35.8 Å². The first-order chi connectivity index (χ1) is 26.0. The molecule has 0 aliphatic rings. The van der Waals surface area contributed by atoms with E-state index in [1.165, 1.54) is 12.1 Å². The third kappa shape index (κ3) is 12.3. The lowest BCUT2D eigenvalue weighted by atomic mass is 10.2. The largest absolute Gasteiger partial charge is 0.506 e. The predicted molar refractivity (Wildman–Crippen MR) is 209 cm³/mol. The summed E-state index contributed by atoms with van der Waals surface area (Å²) in [6.45, 7) is 13.2. The highest BCUT2D eigenvalue weighted by Crippen LogP contribution is 2.42. The number of phenols is 3. The van der Waals surface area contributed by atoms with Crippen LogP contribution in [0.15, 0.2) is 114 Å². The summed E-state index contributed by atoms with van der Waals surface area (Å²) in [5.41, 5.74) is 1.80. The number of aromatic hydroxyl groups is 3. The lowest BCUT2D eigenvalue weighted by Gasteiger charge is -2.10. The Morgan fingerprint density at radius 1 is 0.593 bits per heavy atom. The summed E-state index contributed by atoms with van der Waals surface area (Å²) in [5, 5.41) is 69.4. The van der Waals surface area contributed by atoms with E-state index in [1.54, 1.807) is 36.4 Å². The number of aromatic nitrogens is 3. The molecule has 8 N–H and O–H groups in total. The molecule has 1 heterocycles. The van der Waals surface area contributed by atoms with Crippen molar-refractivity contribution in [3.63, 3.8) is 0 Å². The number of benzene rings is 4. The molecule has 0 spiro atoms. The van der Waals surface area contributed by atoms with E-state index < -0.39 is 27.3 Å². The lowest BCUT2D eigenvalue weighted by molar-refractivity contribution is 0.452. The van der Waals surface area contributed by atoms with Gasteiger partial charge in [0.1, 0.15) is 22.9 Å². The summed E-state index contributed by atoms with van der Waals surface area (Å²) in [7, 11) is -4.06. The molecule has 0 aliphatic carbocycles. The van der Waals surface area contributed by atoms with Crippen molar-refractivity contribution in [1.82, 2.24) is 15.0 Å². The van der Waals surface area contributed by atoms with Gasteiger partial charge in [0, 0.05) is 30.9 Å². The normalized spacial score (nSPS) is 11.2. The molecule has 0 amide bonds. The first-order valence-corrected chi connectivity index (χ1v) is 18.4. The molecule has 0 aliphatic heterocycles. The maximum atomic E-state index is 11.6. The number of sulfonamides is 1. The minimum atomic E-state index is -4.06. The van der Waals surface area contributed by atoms with Gasteiger partial charge in [-0.3, -0.25) is 0 Å². The van der Waals surface area contributed by atoms with Crippen LogP contribution in [0.5, 0.6) is 17.2 Å². The Morgan fingerprint density at radius 3 is 1.65 bits per heavy atom. The SMILES string of the molecule is CC.CC.CCNc1nc(NCC)nc(Nc2cccc(N=Nc3ccc(N=Nc4cc(O)c(N=Nc5cc(S(N)(=O)=O)ccc5O)c(O)c4)cc3)c2)n1. The molecule has 0 fully saturated rings. The molecule has 0 saturated carbocycles. The van der Waals surface area contributed by atoms with E-state index in [9.17, 15) is 23.7 Å². The van der Waals surface area contributed by atoms with E-state index in [4.69, 9.17) is 5.14 Å². The van der Waals surface area contributed by atoms with Gasteiger partial charge in [0.15, 0.2) is 5.69 Å². The van der Waals surface area contributed by atoms with Crippen LogP contribution < -0.4 is 21.1 Å². The Kier molecular flexibility index (Phi) is 15.8. The second-order valence-electron chi connectivity index (χ2n) is 10.2. The second-order valence-corrected chi connectivity index (χ2v) is 11.7. The van der Waals surface area contributed by atoms with Crippen molar-refractivity contribution in [2.45, 2.75) is 46.4 Å². The van der Waals surface area contributed by atoms with E-state index in [2.05, 4.69) is 61.6 Å². The molecular weight excluding hydrogens is 715 g/mol. The topological polar surface area (TPSA) is 270 Å². The molecule has 18 nitrogen and oxygen atoms in total. The third-order valence-electron chi connectivity index (χ3n) is 6.41. The zero-order valence-corrected chi connectivity index (χ0v) is 31.4. The Bertz CT molecular complexity index is 2150. The first-order valence-electron chi connectivity index (χ1n) is 16.9. The van der Waals surface area contributed by atoms with Crippen molar-refractivity contribution >= 4 is 67.7 Å². The van der Waals surface area contributed by atoms with Crippen LogP contribution >= 0.6 is 0 Å². The van der Waals surface area contributed by atoms with Gasteiger partial charge in [0.05, 0.1) is 27.6 Å². The van der Waals surface area contributed by atoms with Crippen LogP contribution in [0.1, 0.15) is 41.5 Å². The first kappa shape index (κ1) is 41.8. The van der Waals surface area contributed by atoms with Gasteiger partial charge in [0.25, 0.3) is 0 Å². The number of azo groups is 3. The van der Waals surface area contributed by atoms with Crippen LogP contribution in [0.3, 0.4) is 0 Å². The minimum absolute atomic E-state index is 0.100. The number of nitrogens with zero attached hydrogens (tertiary/aromatic N) is 9. The predicted octanol–water partition coefficient (Wildman–Crippen LogP) is 9.54. The van der Waals surface area contributed by atoms with Crippen molar-refractivity contribution in [2.75, 3.05) is 29.0 Å². The van der Waals surface area contributed by atoms with Crippen molar-refractivity contribution in [1.29, 1.82) is 0 Å². The van der Waals surface area contributed by atoms with Crippen molar-refractivity contribution < 1.29 is 23.7 Å². The highest BCUT2D eigenvalue weighted by molar-refractivity contribution is 7.89. The van der Waals surface area contributed by atoms with Crippen molar-refractivity contribution in [3.05, 3.63) is 78.9 Å². The number of nitrogens with one attached hydrogen (secondary N) is 3. The van der Waals surface area contributed by atoms with Gasteiger partial charge in [-0.05, 0) is 74.5 Å². The average Bonchev–Trinajstić information content (AvgIpc) is 3.15. The molecule has 5 aromatic rings. The summed E-state index contributed by atoms with van der Waals surface area (Å²) < 4.78 is 23.2. The standard InChI is InChI=1S/C31H31N13O5S.2C2H6/c1-3-33-29-36-30(34-4-2)38-31(37-29)35-20-6-5-7-21(14-20)41-39-18-8-10-19(11-9-18)40-42-22-15-26(46)28(27(47)16-22)44-43-24-17-23(50(32,48)49)12-13-25(24)45;2*1-2/h5-17,45-47H,3-4H2,1-2H3,(H2,32,48,49)(H3,33,34,35,36,37,38);2*1-2H3. The molecule has 0 saturated heterocycles. The molecule has 5 rings (SSSR count). The summed E-state index contributed by atoms with van der Waals surface area (Å²) in [4.78, 5) is 12.8. The van der Waals surface area contributed by atoms with Gasteiger partial charge in [-0.1, -0.05) is 33.8 Å². The molecule has 0 atom stereocenters. The van der Waals surface area contributed by atoms with E-state index >= 15 is 0 Å². The maximum absolute atomic E-state index is 11.6. The third-order valence-corrected chi connectivity index (χ3v) is 7.32. The number of rotatable bonds is 13. The molecule has 54 heavy (non-hydrogen) atoms. The summed E-state index contributed by atoms with van der Waals surface area (Å²) in [5.74, 6) is -0.122. The zero-order valence-electron chi connectivity index (χ0n) is 30.6. The molecular formula is C35H43N13O5S. The number of nitrogens with two attached hydrogens (primary N) is 1. The number of hydrogen-bond acceptors (Lipinski definition) is 17. The molecule has 0 unspecified atom stereocenters.